The van der Waals surface area contributed by atoms with Gasteiger partial charge in [-0.05, 0) is 30.2 Å². The Balaban J connectivity index is 1.48. The first-order valence-electron chi connectivity index (χ1n) is 8.11. The van der Waals surface area contributed by atoms with Crippen LogP contribution in [0.5, 0.6) is 0 Å². The maximum Gasteiger partial charge on any atom is 0.437 e. The summed E-state index contributed by atoms with van der Waals surface area (Å²) in [5.74, 6) is 0.358. The summed E-state index contributed by atoms with van der Waals surface area (Å²) in [6.07, 6.45) is 6.48. The van der Waals surface area contributed by atoms with E-state index in [0.29, 0.717) is 11.8 Å². The topological polar surface area (TPSA) is 77.1 Å². The van der Waals surface area contributed by atoms with Gasteiger partial charge in [0, 0.05) is 13.0 Å². The Hall–Kier alpha value is -1.89. The number of aromatic nitrogens is 2. The highest BCUT2D eigenvalue weighted by molar-refractivity contribution is 7.13. The summed E-state index contributed by atoms with van der Waals surface area (Å²) in [5, 5.41) is 9.00. The van der Waals surface area contributed by atoms with Crippen LogP contribution in [0.2, 0.25) is 0 Å². The molecule has 0 atom stereocenters. The lowest BCUT2D eigenvalue weighted by atomic mass is 9.89. The molecule has 0 spiro atoms. The van der Waals surface area contributed by atoms with Gasteiger partial charge in [-0.1, -0.05) is 25.3 Å². The molecule has 2 aromatic rings. The van der Waals surface area contributed by atoms with Crippen molar-refractivity contribution >= 4 is 17.2 Å². The van der Waals surface area contributed by atoms with Gasteiger partial charge in [-0.3, -0.25) is 4.79 Å². The van der Waals surface area contributed by atoms with Crippen molar-refractivity contribution in [1.29, 1.82) is 0 Å². The molecule has 0 radical (unpaired) electrons. The molecule has 0 aromatic carbocycles. The first-order valence-corrected chi connectivity index (χ1v) is 8.99. The molecule has 1 aliphatic carbocycles. The van der Waals surface area contributed by atoms with E-state index in [1.165, 1.54) is 48.1 Å². The molecule has 1 fully saturated rings. The first kappa shape index (κ1) is 16.0. The Morgan fingerprint density at radius 2 is 2.22 bits per heavy atom. The number of thiophene rings is 1. The minimum Gasteiger partial charge on any atom is -0.387 e. The van der Waals surface area contributed by atoms with Gasteiger partial charge in [-0.2, -0.15) is 4.68 Å². The second-order valence-corrected chi connectivity index (χ2v) is 6.88. The summed E-state index contributed by atoms with van der Waals surface area (Å²) < 4.78 is 6.34. The van der Waals surface area contributed by atoms with Gasteiger partial charge in [-0.25, -0.2) is 4.79 Å². The number of carbonyl (C=O) groups is 1. The molecule has 0 saturated heterocycles. The Kier molecular flexibility index (Phi) is 5.27. The van der Waals surface area contributed by atoms with Crippen LogP contribution in [-0.4, -0.2) is 22.2 Å². The van der Waals surface area contributed by atoms with E-state index >= 15 is 0 Å². The van der Waals surface area contributed by atoms with Crippen molar-refractivity contribution in [1.82, 2.24) is 15.1 Å². The average Bonchev–Trinajstić information content (AvgIpc) is 3.21. The predicted molar refractivity (Wildman–Crippen MR) is 88.3 cm³/mol. The smallest absolute Gasteiger partial charge is 0.387 e. The molecule has 6 nitrogen and oxygen atoms in total. The van der Waals surface area contributed by atoms with Crippen LogP contribution in [0.15, 0.2) is 26.7 Å². The number of carbonyl (C=O) groups excluding carboxylic acids is 1. The fraction of sp³-hybridized carbons (Fsp3) is 0.562. The molecule has 1 amide bonds. The van der Waals surface area contributed by atoms with E-state index in [1.54, 1.807) is 0 Å². The van der Waals surface area contributed by atoms with E-state index in [4.69, 9.17) is 4.42 Å². The van der Waals surface area contributed by atoms with Gasteiger partial charge in [-0.15, -0.1) is 16.4 Å². The van der Waals surface area contributed by atoms with Gasteiger partial charge in [0.15, 0.2) is 0 Å². The molecule has 23 heavy (non-hydrogen) atoms. The third kappa shape index (κ3) is 4.31. The summed E-state index contributed by atoms with van der Waals surface area (Å²) >= 11 is 1.46. The quantitative estimate of drug-likeness (QED) is 0.880. The number of hydrogen-bond donors (Lipinski definition) is 1. The van der Waals surface area contributed by atoms with Crippen LogP contribution in [0, 0.1) is 5.92 Å². The maximum absolute atomic E-state index is 11.9. The fourth-order valence-electron chi connectivity index (χ4n) is 2.89. The van der Waals surface area contributed by atoms with Crippen LogP contribution in [0.4, 0.5) is 0 Å². The minimum absolute atomic E-state index is 0.0388. The highest BCUT2D eigenvalue weighted by atomic mass is 32.1. The third-order valence-electron chi connectivity index (χ3n) is 4.20. The van der Waals surface area contributed by atoms with E-state index in [-0.39, 0.29) is 18.9 Å². The van der Waals surface area contributed by atoms with Crippen LogP contribution < -0.4 is 11.1 Å². The number of rotatable bonds is 6. The summed E-state index contributed by atoms with van der Waals surface area (Å²) in [7, 11) is 0. The number of nitrogens with one attached hydrogen (secondary N) is 1. The minimum atomic E-state index is -0.520. The van der Waals surface area contributed by atoms with Crippen LogP contribution in [0.25, 0.3) is 10.8 Å². The zero-order valence-electron chi connectivity index (χ0n) is 13.0. The van der Waals surface area contributed by atoms with Crippen LogP contribution in [0.3, 0.4) is 0 Å². The lowest BCUT2D eigenvalue weighted by Crippen LogP contribution is -2.31. The lowest BCUT2D eigenvalue weighted by Gasteiger charge is -2.21. The molecule has 7 heteroatoms. The van der Waals surface area contributed by atoms with Crippen molar-refractivity contribution in [2.45, 2.75) is 45.1 Å². The van der Waals surface area contributed by atoms with Crippen LogP contribution in [0.1, 0.15) is 38.5 Å². The van der Waals surface area contributed by atoms with Crippen molar-refractivity contribution in [3.05, 3.63) is 28.1 Å². The second-order valence-electron chi connectivity index (χ2n) is 5.93. The van der Waals surface area contributed by atoms with Gasteiger partial charge in [0.2, 0.25) is 5.91 Å². The summed E-state index contributed by atoms with van der Waals surface area (Å²) in [5.41, 5.74) is 0. The Bertz CT molecular complexity index is 684. The Morgan fingerprint density at radius 3 is 2.96 bits per heavy atom. The van der Waals surface area contributed by atoms with Crippen molar-refractivity contribution in [3.63, 3.8) is 0 Å². The second kappa shape index (κ2) is 7.59. The monoisotopic (exact) mass is 335 g/mol. The zero-order valence-corrected chi connectivity index (χ0v) is 13.8. The van der Waals surface area contributed by atoms with Crippen molar-refractivity contribution in [3.8, 4) is 10.8 Å². The van der Waals surface area contributed by atoms with Crippen molar-refractivity contribution < 1.29 is 9.21 Å². The van der Waals surface area contributed by atoms with Crippen LogP contribution in [-0.2, 0) is 11.3 Å². The molecule has 2 aromatic heterocycles. The number of nitrogens with zero attached hydrogens (tertiary/aromatic N) is 2. The Morgan fingerprint density at radius 1 is 1.39 bits per heavy atom. The molecule has 1 N–H and O–H groups in total. The average molecular weight is 335 g/mol. The summed E-state index contributed by atoms with van der Waals surface area (Å²) in [6.45, 7) is 0.983. The molecular weight excluding hydrogens is 314 g/mol. The molecule has 0 aliphatic heterocycles. The molecule has 124 valence electrons. The van der Waals surface area contributed by atoms with E-state index < -0.39 is 5.76 Å². The van der Waals surface area contributed by atoms with Crippen molar-refractivity contribution in [2.75, 3.05) is 6.54 Å². The van der Waals surface area contributed by atoms with E-state index in [9.17, 15) is 9.59 Å². The first-order chi connectivity index (χ1) is 11.2. The largest absolute Gasteiger partial charge is 0.437 e. The van der Waals surface area contributed by atoms with Gasteiger partial charge in [0.05, 0.1) is 11.4 Å². The standard InChI is InChI=1S/C16H21N3O3S/c20-14(17-11-12-5-2-1-3-6-12)8-9-19-16(21)22-15(18-19)13-7-4-10-23-13/h4,7,10,12H,1-3,5-6,8-9,11H2,(H,17,20). The molecule has 0 unspecified atom stereocenters. The molecule has 1 aliphatic rings. The van der Waals surface area contributed by atoms with Crippen LogP contribution >= 0.6 is 11.3 Å². The molecule has 0 bridgehead atoms. The maximum atomic E-state index is 11.9. The highest BCUT2D eigenvalue weighted by Gasteiger charge is 2.15. The fourth-order valence-corrected chi connectivity index (χ4v) is 3.54. The SMILES string of the molecule is O=C(CCn1nc(-c2cccs2)oc1=O)NCC1CCCCC1. The molecular formula is C16H21N3O3S. The van der Waals surface area contributed by atoms with Gasteiger partial charge in [0.1, 0.15) is 0 Å². The normalized spacial score (nSPS) is 15.7. The van der Waals surface area contributed by atoms with E-state index in [0.717, 1.165) is 11.4 Å². The molecule has 2 heterocycles. The molecule has 3 rings (SSSR count). The van der Waals surface area contributed by atoms with Gasteiger partial charge < -0.3 is 9.73 Å². The van der Waals surface area contributed by atoms with E-state index in [2.05, 4.69) is 10.4 Å². The zero-order chi connectivity index (χ0) is 16.1. The summed E-state index contributed by atoms with van der Waals surface area (Å²) in [6, 6.07) is 3.72. The number of aryl methyl sites for hydroxylation is 1. The number of amides is 1. The van der Waals surface area contributed by atoms with E-state index in [1.807, 2.05) is 17.5 Å². The highest BCUT2D eigenvalue weighted by Crippen LogP contribution is 2.23. The number of hydrogen-bond acceptors (Lipinski definition) is 5. The summed E-state index contributed by atoms with van der Waals surface area (Å²) in [4.78, 5) is 24.5. The Labute approximate surface area is 138 Å². The van der Waals surface area contributed by atoms with Gasteiger partial charge in [0.25, 0.3) is 5.89 Å². The van der Waals surface area contributed by atoms with Gasteiger partial charge >= 0.3 is 5.76 Å². The lowest BCUT2D eigenvalue weighted by molar-refractivity contribution is -0.121. The predicted octanol–water partition coefficient (Wildman–Crippen LogP) is 2.65. The third-order valence-corrected chi connectivity index (χ3v) is 5.06. The van der Waals surface area contributed by atoms with Crippen molar-refractivity contribution in [2.24, 2.45) is 5.92 Å². The molecule has 1 saturated carbocycles.